The van der Waals surface area contributed by atoms with Crippen LogP contribution < -0.4 is 16.4 Å². The number of anilines is 2. The molecular weight excluding hydrogens is 252 g/mol. The monoisotopic (exact) mass is 270 g/mol. The van der Waals surface area contributed by atoms with Gasteiger partial charge in [0, 0.05) is 24.0 Å². The average molecular weight is 270 g/mol. The van der Waals surface area contributed by atoms with E-state index in [0.29, 0.717) is 25.1 Å². The number of amides is 1. The summed E-state index contributed by atoms with van der Waals surface area (Å²) >= 11 is 0. The zero-order valence-corrected chi connectivity index (χ0v) is 11.4. The summed E-state index contributed by atoms with van der Waals surface area (Å²) in [5.41, 5.74) is 9.99. The lowest BCUT2D eigenvalue weighted by Crippen LogP contribution is -2.14. The molecule has 0 bridgehead atoms. The molecule has 1 heterocycles. The first kappa shape index (κ1) is 13.9. The third-order valence-electron chi connectivity index (χ3n) is 3.03. The fraction of sp³-hybridized carbons (Fsp3) is 0.200. The van der Waals surface area contributed by atoms with Crippen LogP contribution in [-0.2, 0) is 4.79 Å². The number of hydrogen-bond donors (Lipinski definition) is 3. The number of nitrogens with two attached hydrogens (primary N) is 1. The number of rotatable bonds is 6. The van der Waals surface area contributed by atoms with Crippen LogP contribution >= 0.6 is 0 Å². The minimum absolute atomic E-state index is 0.558. The van der Waals surface area contributed by atoms with E-state index >= 15 is 0 Å². The molecule has 0 aliphatic rings. The second-order valence-electron chi connectivity index (χ2n) is 4.59. The number of nitrogens with zero attached hydrogens (tertiary/aromatic N) is 1. The number of nitrogen functional groups attached to an aromatic ring is 1. The smallest absolute Gasteiger partial charge is 0.207 e. The fourth-order valence-electron chi connectivity index (χ4n) is 1.97. The van der Waals surface area contributed by atoms with Gasteiger partial charge in [-0.05, 0) is 19.1 Å². The number of carbonyl (C=O) groups is 1. The molecule has 0 saturated carbocycles. The highest BCUT2D eigenvalue weighted by molar-refractivity contribution is 5.91. The summed E-state index contributed by atoms with van der Waals surface area (Å²) in [6, 6.07) is 7.72. The molecule has 0 unspecified atom stereocenters. The molecule has 0 spiro atoms. The van der Waals surface area contributed by atoms with Crippen molar-refractivity contribution in [1.82, 2.24) is 10.3 Å². The van der Waals surface area contributed by atoms with Crippen molar-refractivity contribution in [3.8, 4) is 0 Å². The highest BCUT2D eigenvalue weighted by atomic mass is 16.1. The summed E-state index contributed by atoms with van der Waals surface area (Å²) in [6.45, 7) is 6.42. The molecule has 0 fully saturated rings. The molecule has 0 aliphatic carbocycles. The predicted molar refractivity (Wildman–Crippen MR) is 82.3 cm³/mol. The summed E-state index contributed by atoms with van der Waals surface area (Å²) in [6.07, 6.45) is 1.34. The van der Waals surface area contributed by atoms with Crippen molar-refractivity contribution in [2.24, 2.45) is 0 Å². The summed E-state index contributed by atoms with van der Waals surface area (Å²) in [5.74, 6) is 0. The fourth-order valence-corrected chi connectivity index (χ4v) is 1.97. The van der Waals surface area contributed by atoms with Crippen LogP contribution in [0.5, 0.6) is 0 Å². The Morgan fingerprint density at radius 3 is 3.05 bits per heavy atom. The number of pyridine rings is 1. The highest BCUT2D eigenvalue weighted by Crippen LogP contribution is 2.25. The van der Waals surface area contributed by atoms with Gasteiger partial charge in [0.25, 0.3) is 0 Å². The summed E-state index contributed by atoms with van der Waals surface area (Å²) in [7, 11) is 0. The van der Waals surface area contributed by atoms with Gasteiger partial charge in [-0.1, -0.05) is 18.7 Å². The molecule has 1 aromatic heterocycles. The maximum absolute atomic E-state index is 10.2. The molecule has 0 atom stereocenters. The third-order valence-corrected chi connectivity index (χ3v) is 3.03. The van der Waals surface area contributed by atoms with Crippen LogP contribution in [0.15, 0.2) is 36.5 Å². The van der Waals surface area contributed by atoms with Crippen LogP contribution in [0.4, 0.5) is 11.4 Å². The van der Waals surface area contributed by atoms with E-state index in [1.807, 2.05) is 31.2 Å². The topological polar surface area (TPSA) is 80.0 Å². The Labute approximate surface area is 117 Å². The summed E-state index contributed by atoms with van der Waals surface area (Å²) in [4.78, 5) is 14.7. The Kier molecular flexibility index (Phi) is 4.20. The molecular formula is C15H18N4O. The van der Waals surface area contributed by atoms with Crippen molar-refractivity contribution >= 4 is 28.7 Å². The number of para-hydroxylation sites is 1. The first-order valence-corrected chi connectivity index (χ1v) is 6.39. The van der Waals surface area contributed by atoms with Gasteiger partial charge in [-0.2, -0.15) is 0 Å². The first-order chi connectivity index (χ1) is 9.61. The molecule has 20 heavy (non-hydrogen) atoms. The van der Waals surface area contributed by atoms with E-state index in [9.17, 15) is 4.79 Å². The molecule has 1 amide bonds. The zero-order valence-electron chi connectivity index (χ0n) is 11.4. The quantitative estimate of drug-likeness (QED) is 0.427. The summed E-state index contributed by atoms with van der Waals surface area (Å²) in [5, 5.41) is 6.81. The maximum Gasteiger partial charge on any atom is 0.207 e. The predicted octanol–water partition coefficient (Wildman–Crippen LogP) is 2.19. The normalized spacial score (nSPS) is 10.2. The summed E-state index contributed by atoms with van der Waals surface area (Å²) < 4.78 is 0. The number of benzene rings is 1. The molecule has 2 aromatic rings. The van der Waals surface area contributed by atoms with Gasteiger partial charge < -0.3 is 16.4 Å². The van der Waals surface area contributed by atoms with Crippen LogP contribution in [0.1, 0.15) is 12.1 Å². The third kappa shape index (κ3) is 3.06. The van der Waals surface area contributed by atoms with Gasteiger partial charge in [0.2, 0.25) is 6.41 Å². The standard InChI is InChI=1S/C15H18N4O/c1-10(6-7-17-9-20)18-14-8-12-4-3-5-13(16)15(12)19-11(14)2/h3-5,8-9,18H,1,6-7,16H2,2H3,(H,17,20). The van der Waals surface area contributed by atoms with Crippen molar-refractivity contribution in [2.45, 2.75) is 13.3 Å². The van der Waals surface area contributed by atoms with Crippen LogP contribution in [0, 0.1) is 6.92 Å². The Morgan fingerprint density at radius 1 is 1.50 bits per heavy atom. The molecule has 0 saturated heterocycles. The van der Waals surface area contributed by atoms with E-state index in [1.54, 1.807) is 0 Å². The number of aryl methyl sites for hydroxylation is 1. The van der Waals surface area contributed by atoms with Gasteiger partial charge in [-0.15, -0.1) is 0 Å². The van der Waals surface area contributed by atoms with E-state index < -0.39 is 0 Å². The van der Waals surface area contributed by atoms with E-state index in [4.69, 9.17) is 5.73 Å². The molecule has 2 rings (SSSR count). The van der Waals surface area contributed by atoms with E-state index in [-0.39, 0.29) is 0 Å². The van der Waals surface area contributed by atoms with Crippen molar-refractivity contribution in [3.05, 3.63) is 42.2 Å². The molecule has 1 aromatic carbocycles. The maximum atomic E-state index is 10.2. The second-order valence-corrected chi connectivity index (χ2v) is 4.59. The number of nitrogens with one attached hydrogen (secondary N) is 2. The Hall–Kier alpha value is -2.56. The second kappa shape index (κ2) is 6.06. The molecule has 4 N–H and O–H groups in total. The van der Waals surface area contributed by atoms with Crippen molar-refractivity contribution < 1.29 is 4.79 Å². The minimum Gasteiger partial charge on any atom is -0.397 e. The van der Waals surface area contributed by atoms with E-state index in [1.165, 1.54) is 0 Å². The number of hydrogen-bond acceptors (Lipinski definition) is 4. The Bertz CT molecular complexity index is 652. The van der Waals surface area contributed by atoms with E-state index in [2.05, 4.69) is 22.2 Å². The van der Waals surface area contributed by atoms with Gasteiger partial charge in [-0.3, -0.25) is 4.79 Å². The van der Waals surface area contributed by atoms with E-state index in [0.717, 1.165) is 28.0 Å². The van der Waals surface area contributed by atoms with Gasteiger partial charge in [-0.25, -0.2) is 4.98 Å². The van der Waals surface area contributed by atoms with Crippen molar-refractivity contribution in [1.29, 1.82) is 0 Å². The average Bonchev–Trinajstić information content (AvgIpc) is 2.41. The zero-order chi connectivity index (χ0) is 14.5. The van der Waals surface area contributed by atoms with Crippen molar-refractivity contribution in [2.75, 3.05) is 17.6 Å². The van der Waals surface area contributed by atoms with Gasteiger partial charge in [0.05, 0.1) is 22.6 Å². The van der Waals surface area contributed by atoms with Crippen LogP contribution in [0.25, 0.3) is 10.9 Å². The highest BCUT2D eigenvalue weighted by Gasteiger charge is 2.06. The van der Waals surface area contributed by atoms with Crippen LogP contribution in [-0.4, -0.2) is 17.9 Å². The van der Waals surface area contributed by atoms with Gasteiger partial charge in [0.1, 0.15) is 0 Å². The van der Waals surface area contributed by atoms with Gasteiger partial charge >= 0.3 is 0 Å². The minimum atomic E-state index is 0.558. The molecule has 0 radical (unpaired) electrons. The number of aromatic nitrogens is 1. The first-order valence-electron chi connectivity index (χ1n) is 6.39. The Morgan fingerprint density at radius 2 is 2.30 bits per heavy atom. The lowest BCUT2D eigenvalue weighted by atomic mass is 10.1. The lowest BCUT2D eigenvalue weighted by molar-refractivity contribution is -0.109. The lowest BCUT2D eigenvalue weighted by Gasteiger charge is -2.13. The number of fused-ring (bicyclic) bond motifs is 1. The van der Waals surface area contributed by atoms with Crippen LogP contribution in [0.3, 0.4) is 0 Å². The molecule has 5 nitrogen and oxygen atoms in total. The molecule has 5 heteroatoms. The SMILES string of the molecule is C=C(CCNC=O)Nc1cc2cccc(N)c2nc1C. The molecule has 0 aliphatic heterocycles. The van der Waals surface area contributed by atoms with Crippen molar-refractivity contribution in [3.63, 3.8) is 0 Å². The van der Waals surface area contributed by atoms with Crippen LogP contribution in [0.2, 0.25) is 0 Å². The molecule has 104 valence electrons. The van der Waals surface area contributed by atoms with Gasteiger partial charge in [0.15, 0.2) is 0 Å². The number of carbonyl (C=O) groups excluding carboxylic acids is 1. The Balaban J connectivity index is 2.20. The largest absolute Gasteiger partial charge is 0.397 e.